The van der Waals surface area contributed by atoms with Gasteiger partial charge in [-0.1, -0.05) is 29.8 Å². The predicted octanol–water partition coefficient (Wildman–Crippen LogP) is 4.41. The maximum absolute atomic E-state index is 12.7. The van der Waals surface area contributed by atoms with Crippen LogP contribution in [0.25, 0.3) is 0 Å². The molecule has 1 atom stereocenters. The van der Waals surface area contributed by atoms with Crippen molar-refractivity contribution < 1.29 is 23.9 Å². The molecule has 0 aliphatic carbocycles. The largest absolute Gasteiger partial charge is 0.426 e. The van der Waals surface area contributed by atoms with E-state index in [1.165, 1.54) is 12.1 Å². The fraction of sp³-hybridized carbons (Fsp3) is 0.154. The third kappa shape index (κ3) is 3.64. The molecule has 0 unspecified atom stereocenters. The Bertz CT molecular complexity index is 1320. The first-order valence-electron chi connectivity index (χ1n) is 10.7. The van der Waals surface area contributed by atoms with Gasteiger partial charge >= 0.3 is 5.97 Å². The van der Waals surface area contributed by atoms with Gasteiger partial charge in [0.25, 0.3) is 11.8 Å². The van der Waals surface area contributed by atoms with Crippen molar-refractivity contribution in [3.05, 3.63) is 88.4 Å². The molecule has 0 radical (unpaired) electrons. The molecule has 1 fully saturated rings. The summed E-state index contributed by atoms with van der Waals surface area (Å²) in [6, 6.07) is 18.1. The second-order valence-corrected chi connectivity index (χ2v) is 8.60. The van der Waals surface area contributed by atoms with Crippen molar-refractivity contribution in [1.82, 2.24) is 0 Å². The number of anilines is 2. The van der Waals surface area contributed by atoms with Gasteiger partial charge in [-0.25, -0.2) is 4.90 Å². The Hall–Kier alpha value is -3.97. The van der Waals surface area contributed by atoms with Gasteiger partial charge in [0.05, 0.1) is 22.7 Å². The monoisotopic (exact) mass is 474 g/mol. The van der Waals surface area contributed by atoms with Crippen LogP contribution >= 0.6 is 11.6 Å². The Labute approximate surface area is 200 Å². The summed E-state index contributed by atoms with van der Waals surface area (Å²) in [5.41, 5.74) is 2.54. The molecule has 3 aromatic carbocycles. The summed E-state index contributed by atoms with van der Waals surface area (Å²) in [5.74, 6) is -1.85. The predicted molar refractivity (Wildman–Crippen MR) is 126 cm³/mol. The van der Waals surface area contributed by atoms with E-state index in [4.69, 9.17) is 16.3 Å². The summed E-state index contributed by atoms with van der Waals surface area (Å²) in [6.07, 6.45) is 0.0396. The first-order chi connectivity index (χ1) is 16.3. The lowest BCUT2D eigenvalue weighted by Gasteiger charge is -2.19. The molecule has 0 saturated carbocycles. The lowest BCUT2D eigenvalue weighted by molar-refractivity contribution is -0.139. The van der Waals surface area contributed by atoms with Crippen LogP contribution in [0.4, 0.5) is 11.4 Å². The summed E-state index contributed by atoms with van der Waals surface area (Å²) >= 11 is 6.18. The van der Waals surface area contributed by atoms with Gasteiger partial charge in [-0.3, -0.25) is 19.2 Å². The molecule has 170 valence electrons. The SMILES string of the molecule is Cc1c(Cl)cccc1N1C[C@H](C(=O)Oc2ccc(N3C(=O)c4ccccc4C3=O)cc2)CC1=O. The van der Waals surface area contributed by atoms with Crippen LogP contribution in [0, 0.1) is 12.8 Å². The van der Waals surface area contributed by atoms with Crippen LogP contribution in [-0.4, -0.2) is 30.2 Å². The standard InChI is InChI=1S/C26H19ClN2O5/c1-15-21(27)7-4-8-22(15)28-14-16(13-23(28)30)26(33)34-18-11-9-17(10-12-18)29-24(31)19-5-2-3-6-20(19)25(29)32/h2-12,16H,13-14H2,1H3/t16-/m1/s1. The van der Waals surface area contributed by atoms with Crippen molar-refractivity contribution in [3.63, 3.8) is 0 Å². The summed E-state index contributed by atoms with van der Waals surface area (Å²) in [5, 5.41) is 0.550. The number of fused-ring (bicyclic) bond motifs is 1. The number of rotatable bonds is 4. The molecule has 0 N–H and O–H groups in total. The van der Waals surface area contributed by atoms with Crippen molar-refractivity contribution in [3.8, 4) is 5.75 Å². The second kappa shape index (κ2) is 8.43. The van der Waals surface area contributed by atoms with Crippen LogP contribution in [0.3, 0.4) is 0 Å². The van der Waals surface area contributed by atoms with Gasteiger partial charge in [0.2, 0.25) is 5.91 Å². The molecule has 3 amide bonds. The Morgan fingerprint density at radius 1 is 0.912 bits per heavy atom. The lowest BCUT2D eigenvalue weighted by Crippen LogP contribution is -2.29. The molecule has 1 saturated heterocycles. The van der Waals surface area contributed by atoms with E-state index in [0.29, 0.717) is 27.5 Å². The fourth-order valence-corrected chi connectivity index (χ4v) is 4.44. The average molecular weight is 475 g/mol. The van der Waals surface area contributed by atoms with E-state index in [-0.39, 0.29) is 24.6 Å². The van der Waals surface area contributed by atoms with Crippen molar-refractivity contribution in [1.29, 1.82) is 0 Å². The number of carbonyl (C=O) groups is 4. The van der Waals surface area contributed by atoms with Gasteiger partial charge in [0.15, 0.2) is 0 Å². The number of hydrogen-bond donors (Lipinski definition) is 0. The molecule has 0 aromatic heterocycles. The fourth-order valence-electron chi connectivity index (χ4n) is 4.27. The van der Waals surface area contributed by atoms with Crippen LogP contribution in [0.2, 0.25) is 5.02 Å². The van der Waals surface area contributed by atoms with E-state index in [1.807, 2.05) is 6.92 Å². The molecule has 0 bridgehead atoms. The Morgan fingerprint density at radius 2 is 1.56 bits per heavy atom. The number of benzene rings is 3. The van der Waals surface area contributed by atoms with Crippen molar-refractivity contribution >= 4 is 46.7 Å². The molecule has 2 aliphatic rings. The lowest BCUT2D eigenvalue weighted by atomic mass is 10.1. The zero-order chi connectivity index (χ0) is 24.0. The van der Waals surface area contributed by atoms with Gasteiger partial charge < -0.3 is 9.64 Å². The number of halogens is 1. The second-order valence-electron chi connectivity index (χ2n) is 8.20. The molecule has 34 heavy (non-hydrogen) atoms. The van der Waals surface area contributed by atoms with E-state index in [0.717, 1.165) is 10.5 Å². The molecule has 2 aliphatic heterocycles. The topological polar surface area (TPSA) is 84.0 Å². The van der Waals surface area contributed by atoms with E-state index in [2.05, 4.69) is 0 Å². The number of carbonyl (C=O) groups excluding carboxylic acids is 4. The number of ether oxygens (including phenoxy) is 1. The Morgan fingerprint density at radius 3 is 2.21 bits per heavy atom. The number of esters is 1. The minimum absolute atomic E-state index is 0.0396. The first kappa shape index (κ1) is 21.9. The summed E-state index contributed by atoms with van der Waals surface area (Å²) in [4.78, 5) is 53.2. The third-order valence-corrected chi connectivity index (χ3v) is 6.51. The van der Waals surface area contributed by atoms with E-state index in [9.17, 15) is 19.2 Å². The molecule has 2 heterocycles. The normalized spacial score (nSPS) is 17.4. The number of imide groups is 1. The first-order valence-corrected chi connectivity index (χ1v) is 11.1. The van der Waals surface area contributed by atoms with Gasteiger partial charge in [0, 0.05) is 23.7 Å². The zero-order valence-electron chi connectivity index (χ0n) is 18.2. The molecule has 8 heteroatoms. The summed E-state index contributed by atoms with van der Waals surface area (Å²) in [6.45, 7) is 2.03. The maximum atomic E-state index is 12.7. The third-order valence-electron chi connectivity index (χ3n) is 6.10. The van der Waals surface area contributed by atoms with Gasteiger partial charge in [-0.15, -0.1) is 0 Å². The number of amides is 3. The molecular weight excluding hydrogens is 456 g/mol. The summed E-state index contributed by atoms with van der Waals surface area (Å²) < 4.78 is 5.49. The average Bonchev–Trinajstić information content (AvgIpc) is 3.34. The van der Waals surface area contributed by atoms with Crippen molar-refractivity contribution in [2.45, 2.75) is 13.3 Å². The highest BCUT2D eigenvalue weighted by Crippen LogP contribution is 2.33. The molecule has 5 rings (SSSR count). The molecule has 0 spiro atoms. The maximum Gasteiger partial charge on any atom is 0.316 e. The molecule has 3 aromatic rings. The smallest absolute Gasteiger partial charge is 0.316 e. The quantitative estimate of drug-likeness (QED) is 0.318. The van der Waals surface area contributed by atoms with Crippen LogP contribution in [0.5, 0.6) is 5.75 Å². The van der Waals surface area contributed by atoms with Crippen LogP contribution in [-0.2, 0) is 9.59 Å². The van der Waals surface area contributed by atoms with Crippen molar-refractivity contribution in [2.24, 2.45) is 5.92 Å². The number of hydrogen-bond acceptors (Lipinski definition) is 5. The van der Waals surface area contributed by atoms with Crippen LogP contribution in [0.15, 0.2) is 66.7 Å². The van der Waals surface area contributed by atoms with Crippen molar-refractivity contribution in [2.75, 3.05) is 16.3 Å². The van der Waals surface area contributed by atoms with Crippen LogP contribution in [0.1, 0.15) is 32.7 Å². The highest BCUT2D eigenvalue weighted by atomic mass is 35.5. The zero-order valence-corrected chi connectivity index (χ0v) is 18.9. The minimum Gasteiger partial charge on any atom is -0.426 e. The highest BCUT2D eigenvalue weighted by Gasteiger charge is 2.38. The van der Waals surface area contributed by atoms with E-state index in [1.54, 1.807) is 59.5 Å². The van der Waals surface area contributed by atoms with Gasteiger partial charge in [-0.05, 0) is 61.0 Å². The molecule has 7 nitrogen and oxygen atoms in total. The minimum atomic E-state index is -0.623. The van der Waals surface area contributed by atoms with Crippen LogP contribution < -0.4 is 14.5 Å². The van der Waals surface area contributed by atoms with E-state index >= 15 is 0 Å². The number of nitrogens with zero attached hydrogens (tertiary/aromatic N) is 2. The van der Waals surface area contributed by atoms with Gasteiger partial charge in [-0.2, -0.15) is 0 Å². The highest BCUT2D eigenvalue weighted by molar-refractivity contribution is 6.34. The Kier molecular flexibility index (Phi) is 5.42. The van der Waals surface area contributed by atoms with E-state index < -0.39 is 23.7 Å². The van der Waals surface area contributed by atoms with Gasteiger partial charge in [0.1, 0.15) is 5.75 Å². The Balaban J connectivity index is 1.27. The summed E-state index contributed by atoms with van der Waals surface area (Å²) in [7, 11) is 0. The molecular formula is C26H19ClN2O5.